The van der Waals surface area contributed by atoms with Gasteiger partial charge in [0.15, 0.2) is 0 Å². The highest BCUT2D eigenvalue weighted by molar-refractivity contribution is 5.95. The van der Waals surface area contributed by atoms with Crippen LogP contribution >= 0.6 is 0 Å². The predicted molar refractivity (Wildman–Crippen MR) is 75.6 cm³/mol. The molecule has 0 bridgehead atoms. The first-order valence-corrected chi connectivity index (χ1v) is 6.75. The van der Waals surface area contributed by atoms with Crippen LogP contribution in [0.4, 0.5) is 10.5 Å². The summed E-state index contributed by atoms with van der Waals surface area (Å²) < 4.78 is 5.25. The molecule has 1 aromatic carbocycles. The molecule has 1 atom stereocenters. The predicted octanol–water partition coefficient (Wildman–Crippen LogP) is 1.64. The maximum absolute atomic E-state index is 11.7. The van der Waals surface area contributed by atoms with Crippen LogP contribution in [0, 0.1) is 5.92 Å². The number of nitrogens with one attached hydrogen (secondary N) is 2. The molecule has 0 radical (unpaired) electrons. The summed E-state index contributed by atoms with van der Waals surface area (Å²) >= 11 is 0. The van der Waals surface area contributed by atoms with Gasteiger partial charge in [-0.3, -0.25) is 0 Å². The smallest absolute Gasteiger partial charge is 0.339 e. The average Bonchev–Trinajstić information content (AvgIpc) is 2.94. The number of phenols is 1. The van der Waals surface area contributed by atoms with Crippen molar-refractivity contribution < 1.29 is 24.5 Å². The van der Waals surface area contributed by atoms with E-state index < -0.39 is 12.0 Å². The molecule has 7 heteroatoms. The van der Waals surface area contributed by atoms with Gasteiger partial charge in [0, 0.05) is 25.4 Å². The highest BCUT2D eigenvalue weighted by Gasteiger charge is 2.15. The Bertz CT molecular complexity index is 526. The minimum absolute atomic E-state index is 0.254. The molecule has 2 amide bonds. The third-order valence-corrected chi connectivity index (χ3v) is 3.35. The Kier molecular flexibility index (Phi) is 4.99. The molecule has 1 aliphatic rings. The van der Waals surface area contributed by atoms with E-state index in [1.54, 1.807) is 0 Å². The number of carboxylic acids is 1. The van der Waals surface area contributed by atoms with Crippen LogP contribution in [0.3, 0.4) is 0 Å². The van der Waals surface area contributed by atoms with E-state index >= 15 is 0 Å². The Morgan fingerprint density at radius 1 is 1.38 bits per heavy atom. The van der Waals surface area contributed by atoms with Crippen molar-refractivity contribution in [2.45, 2.75) is 12.8 Å². The van der Waals surface area contributed by atoms with Gasteiger partial charge in [0.1, 0.15) is 11.3 Å². The topological polar surface area (TPSA) is 108 Å². The maximum Gasteiger partial charge on any atom is 0.339 e. The van der Waals surface area contributed by atoms with Crippen molar-refractivity contribution in [2.24, 2.45) is 5.92 Å². The molecule has 2 rings (SSSR count). The number of benzene rings is 1. The van der Waals surface area contributed by atoms with Crippen LogP contribution in [0.1, 0.15) is 23.2 Å². The molecule has 1 aromatic rings. The van der Waals surface area contributed by atoms with E-state index in [-0.39, 0.29) is 11.3 Å². The monoisotopic (exact) mass is 294 g/mol. The van der Waals surface area contributed by atoms with Crippen molar-refractivity contribution >= 4 is 17.7 Å². The van der Waals surface area contributed by atoms with Crippen LogP contribution in [0.25, 0.3) is 0 Å². The molecule has 1 unspecified atom stereocenters. The minimum atomic E-state index is -1.25. The van der Waals surface area contributed by atoms with Gasteiger partial charge in [-0.2, -0.15) is 0 Å². The number of carbonyl (C=O) groups is 2. The van der Waals surface area contributed by atoms with Crippen molar-refractivity contribution in [3.63, 3.8) is 0 Å². The first kappa shape index (κ1) is 15.1. The Morgan fingerprint density at radius 2 is 2.19 bits per heavy atom. The van der Waals surface area contributed by atoms with Gasteiger partial charge < -0.3 is 25.6 Å². The summed E-state index contributed by atoms with van der Waals surface area (Å²) in [5.74, 6) is -1.11. The fourth-order valence-corrected chi connectivity index (χ4v) is 2.16. The van der Waals surface area contributed by atoms with Gasteiger partial charge in [0.05, 0.1) is 0 Å². The van der Waals surface area contributed by atoms with E-state index in [0.29, 0.717) is 18.2 Å². The highest BCUT2D eigenvalue weighted by atomic mass is 16.5. The van der Waals surface area contributed by atoms with Gasteiger partial charge in [0.2, 0.25) is 0 Å². The third kappa shape index (κ3) is 4.35. The van der Waals surface area contributed by atoms with Gasteiger partial charge in [-0.05, 0) is 37.0 Å². The summed E-state index contributed by atoms with van der Waals surface area (Å²) in [6.07, 6.45) is 1.87. The zero-order valence-corrected chi connectivity index (χ0v) is 11.5. The second-order valence-electron chi connectivity index (χ2n) is 4.94. The van der Waals surface area contributed by atoms with E-state index in [4.69, 9.17) is 9.84 Å². The second kappa shape index (κ2) is 6.94. The number of hydrogen-bond donors (Lipinski definition) is 4. The van der Waals surface area contributed by atoms with Crippen molar-refractivity contribution in [3.8, 4) is 5.75 Å². The first-order valence-electron chi connectivity index (χ1n) is 6.75. The van der Waals surface area contributed by atoms with Gasteiger partial charge in [-0.25, -0.2) is 9.59 Å². The lowest BCUT2D eigenvalue weighted by atomic mass is 10.1. The summed E-state index contributed by atoms with van der Waals surface area (Å²) in [6.45, 7) is 2.05. The summed E-state index contributed by atoms with van der Waals surface area (Å²) in [4.78, 5) is 22.6. The molecule has 0 aliphatic carbocycles. The van der Waals surface area contributed by atoms with E-state index in [1.165, 1.54) is 18.2 Å². The number of rotatable bonds is 5. The van der Waals surface area contributed by atoms with Gasteiger partial charge in [0.25, 0.3) is 0 Å². The molecule has 1 saturated heterocycles. The maximum atomic E-state index is 11.7. The van der Waals surface area contributed by atoms with Crippen LogP contribution < -0.4 is 10.6 Å². The number of anilines is 1. The lowest BCUT2D eigenvalue weighted by Crippen LogP contribution is -2.30. The normalized spacial score (nSPS) is 17.4. The number of aromatic hydroxyl groups is 1. The quantitative estimate of drug-likeness (QED) is 0.617. The fourth-order valence-electron chi connectivity index (χ4n) is 2.16. The van der Waals surface area contributed by atoms with Crippen molar-refractivity contribution in [2.75, 3.05) is 25.1 Å². The van der Waals surface area contributed by atoms with Crippen LogP contribution in [0.5, 0.6) is 5.75 Å². The standard InChI is InChI=1S/C14H18N2O5/c17-12-2-1-10(7-11(12)13(18)19)16-14(20)15-5-3-9-4-6-21-8-9/h1-2,7,9,17H,3-6,8H2,(H,18,19)(H2,15,16,20). The second-order valence-corrected chi connectivity index (χ2v) is 4.94. The van der Waals surface area contributed by atoms with E-state index in [9.17, 15) is 14.7 Å². The van der Waals surface area contributed by atoms with Gasteiger partial charge in [-0.1, -0.05) is 0 Å². The molecule has 1 fully saturated rings. The largest absolute Gasteiger partial charge is 0.507 e. The van der Waals surface area contributed by atoms with Crippen molar-refractivity contribution in [1.29, 1.82) is 0 Å². The van der Waals surface area contributed by atoms with Crippen LogP contribution in [0.15, 0.2) is 18.2 Å². The Hall–Kier alpha value is -2.28. The number of urea groups is 1. The zero-order chi connectivity index (χ0) is 15.2. The molecule has 1 heterocycles. The zero-order valence-electron chi connectivity index (χ0n) is 11.5. The fraction of sp³-hybridized carbons (Fsp3) is 0.429. The summed E-state index contributed by atoms with van der Waals surface area (Å²) in [5.41, 5.74) is 0.0582. The lowest BCUT2D eigenvalue weighted by Gasteiger charge is -2.10. The van der Waals surface area contributed by atoms with Crippen LogP contribution in [0.2, 0.25) is 0 Å². The molecule has 0 saturated carbocycles. The molecule has 21 heavy (non-hydrogen) atoms. The first-order chi connectivity index (χ1) is 10.1. The summed E-state index contributed by atoms with van der Waals surface area (Å²) in [6, 6.07) is 3.47. The number of carbonyl (C=O) groups excluding carboxylic acids is 1. The van der Waals surface area contributed by atoms with E-state index in [2.05, 4.69) is 10.6 Å². The number of hydrogen-bond acceptors (Lipinski definition) is 4. The van der Waals surface area contributed by atoms with Crippen LogP contribution in [-0.4, -0.2) is 42.0 Å². The summed E-state index contributed by atoms with van der Waals surface area (Å²) in [7, 11) is 0. The Morgan fingerprint density at radius 3 is 2.86 bits per heavy atom. The van der Waals surface area contributed by atoms with Crippen molar-refractivity contribution in [3.05, 3.63) is 23.8 Å². The molecular formula is C14H18N2O5. The number of amides is 2. The number of carboxylic acid groups (broad SMARTS) is 1. The number of aromatic carboxylic acids is 1. The van der Waals surface area contributed by atoms with Crippen LogP contribution in [-0.2, 0) is 4.74 Å². The highest BCUT2D eigenvalue weighted by Crippen LogP contribution is 2.21. The minimum Gasteiger partial charge on any atom is -0.507 e. The molecule has 1 aliphatic heterocycles. The lowest BCUT2D eigenvalue weighted by molar-refractivity contribution is 0.0693. The Labute approximate surface area is 121 Å². The molecular weight excluding hydrogens is 276 g/mol. The number of ether oxygens (including phenoxy) is 1. The molecule has 7 nitrogen and oxygen atoms in total. The van der Waals surface area contributed by atoms with Crippen molar-refractivity contribution in [1.82, 2.24) is 5.32 Å². The van der Waals surface area contributed by atoms with Gasteiger partial charge >= 0.3 is 12.0 Å². The summed E-state index contributed by atoms with van der Waals surface area (Å²) in [5, 5.41) is 23.5. The average molecular weight is 294 g/mol. The third-order valence-electron chi connectivity index (χ3n) is 3.35. The van der Waals surface area contributed by atoms with E-state index in [0.717, 1.165) is 26.1 Å². The SMILES string of the molecule is O=C(NCCC1CCOC1)Nc1ccc(O)c(C(=O)O)c1. The Balaban J connectivity index is 1.81. The molecule has 0 spiro atoms. The molecule has 4 N–H and O–H groups in total. The molecule has 114 valence electrons. The molecule has 0 aromatic heterocycles. The van der Waals surface area contributed by atoms with Gasteiger partial charge in [-0.15, -0.1) is 0 Å². The van der Waals surface area contributed by atoms with E-state index in [1.807, 2.05) is 0 Å².